The van der Waals surface area contributed by atoms with Crippen molar-refractivity contribution >= 4 is 50.9 Å². The molecule has 0 aliphatic carbocycles. The van der Waals surface area contributed by atoms with Crippen molar-refractivity contribution < 1.29 is 9.59 Å². The molecule has 3 rings (SSSR count). The van der Waals surface area contributed by atoms with Gasteiger partial charge in [0.15, 0.2) is 0 Å². The van der Waals surface area contributed by atoms with Crippen LogP contribution < -0.4 is 10.2 Å². The molecule has 5 nitrogen and oxygen atoms in total. The van der Waals surface area contributed by atoms with E-state index in [2.05, 4.69) is 26.2 Å². The maximum Gasteiger partial charge on any atom is 0.244 e. The Morgan fingerprint density at radius 1 is 1.43 bits per heavy atom. The van der Waals surface area contributed by atoms with Gasteiger partial charge in [-0.2, -0.15) is 0 Å². The molecule has 1 aliphatic rings. The maximum absolute atomic E-state index is 12.3. The van der Waals surface area contributed by atoms with E-state index < -0.39 is 0 Å². The highest BCUT2D eigenvalue weighted by Gasteiger charge is 2.27. The monoisotopic (exact) mass is 391 g/mol. The highest BCUT2D eigenvalue weighted by Crippen LogP contribution is 2.32. The summed E-state index contributed by atoms with van der Waals surface area (Å²) in [5, 5.41) is 3.60. The lowest BCUT2D eigenvalue weighted by molar-refractivity contribution is -0.120. The number of pyridine rings is 1. The Labute approximate surface area is 146 Å². The molecule has 23 heavy (non-hydrogen) atoms. The number of fused-ring (bicyclic) bond motifs is 1. The van der Waals surface area contributed by atoms with Crippen LogP contribution in [-0.2, 0) is 9.59 Å². The summed E-state index contributed by atoms with van der Waals surface area (Å²) in [5.41, 5.74) is 2.43. The molecule has 1 N–H and O–H groups in total. The van der Waals surface area contributed by atoms with Crippen LogP contribution in [0.4, 0.5) is 11.4 Å². The van der Waals surface area contributed by atoms with Crippen molar-refractivity contribution in [1.82, 2.24) is 4.98 Å². The first-order valence-corrected chi connectivity index (χ1v) is 8.76. The van der Waals surface area contributed by atoms with E-state index in [1.165, 1.54) is 16.7 Å². The molecule has 7 heteroatoms. The summed E-state index contributed by atoms with van der Waals surface area (Å²) in [5.74, 6) is -0.0197. The van der Waals surface area contributed by atoms with Gasteiger partial charge in [0.05, 0.1) is 11.4 Å². The molecule has 0 spiro atoms. The third-order valence-electron chi connectivity index (χ3n) is 3.42. The summed E-state index contributed by atoms with van der Waals surface area (Å²) in [6.45, 7) is 1.93. The molecule has 0 atom stereocenters. The second-order valence-corrected chi connectivity index (χ2v) is 6.93. The van der Waals surface area contributed by atoms with Crippen LogP contribution in [0.15, 0.2) is 46.0 Å². The van der Waals surface area contributed by atoms with Crippen LogP contribution in [-0.4, -0.2) is 29.1 Å². The molecule has 0 saturated heterocycles. The predicted molar refractivity (Wildman–Crippen MR) is 94.8 cm³/mol. The standard InChI is InChI=1S/C16H14BrN3O2S/c1-10-7-11(4-5-12(10)17)19-14(21)8-20-13-3-2-6-18-16(13)23-9-15(20)22/h2-7H,8-9H2,1H3,(H,19,21). The number of carbonyl (C=O) groups excluding carboxylic acids is 2. The molecular formula is C16H14BrN3O2S. The van der Waals surface area contributed by atoms with Gasteiger partial charge in [0.1, 0.15) is 11.6 Å². The first-order chi connectivity index (χ1) is 11.0. The van der Waals surface area contributed by atoms with E-state index in [-0.39, 0.29) is 18.4 Å². The number of nitrogens with zero attached hydrogens (tertiary/aromatic N) is 2. The second-order valence-electron chi connectivity index (χ2n) is 5.11. The number of aryl methyl sites for hydroxylation is 1. The number of thioether (sulfide) groups is 1. The SMILES string of the molecule is Cc1cc(NC(=O)CN2C(=O)CSc3ncccc32)ccc1Br. The van der Waals surface area contributed by atoms with Crippen LogP contribution in [0.5, 0.6) is 0 Å². The first-order valence-electron chi connectivity index (χ1n) is 6.99. The van der Waals surface area contributed by atoms with Gasteiger partial charge in [-0.05, 0) is 42.8 Å². The molecule has 1 aromatic carbocycles. The highest BCUT2D eigenvalue weighted by atomic mass is 79.9. The Morgan fingerprint density at radius 2 is 2.26 bits per heavy atom. The van der Waals surface area contributed by atoms with Gasteiger partial charge in [-0.25, -0.2) is 4.98 Å². The Balaban J connectivity index is 1.75. The smallest absolute Gasteiger partial charge is 0.244 e. The normalized spacial score (nSPS) is 13.7. The number of aromatic nitrogens is 1. The van der Waals surface area contributed by atoms with Crippen molar-refractivity contribution in [2.75, 3.05) is 22.5 Å². The average Bonchev–Trinajstić information content (AvgIpc) is 2.54. The van der Waals surface area contributed by atoms with E-state index in [1.807, 2.05) is 31.2 Å². The van der Waals surface area contributed by atoms with E-state index >= 15 is 0 Å². The van der Waals surface area contributed by atoms with Gasteiger partial charge >= 0.3 is 0 Å². The Hall–Kier alpha value is -1.86. The van der Waals surface area contributed by atoms with Crippen LogP contribution in [0.3, 0.4) is 0 Å². The third-order valence-corrected chi connectivity index (χ3v) is 5.29. The van der Waals surface area contributed by atoms with Gasteiger partial charge in [-0.15, -0.1) is 0 Å². The number of hydrogen-bond acceptors (Lipinski definition) is 4. The average molecular weight is 392 g/mol. The summed E-state index contributed by atoms with van der Waals surface area (Å²) in [4.78, 5) is 30.2. The van der Waals surface area contributed by atoms with Gasteiger partial charge in [-0.1, -0.05) is 27.7 Å². The molecule has 2 heterocycles. The molecule has 0 radical (unpaired) electrons. The Kier molecular flexibility index (Phi) is 4.68. The van der Waals surface area contributed by atoms with E-state index in [0.717, 1.165) is 15.1 Å². The van der Waals surface area contributed by atoms with Crippen LogP contribution in [0.1, 0.15) is 5.56 Å². The van der Waals surface area contributed by atoms with Gasteiger partial charge in [-0.3, -0.25) is 14.5 Å². The van der Waals surface area contributed by atoms with Crippen molar-refractivity contribution in [3.63, 3.8) is 0 Å². The fourth-order valence-corrected chi connectivity index (χ4v) is 3.41. The van der Waals surface area contributed by atoms with E-state index in [0.29, 0.717) is 17.1 Å². The van der Waals surface area contributed by atoms with Gasteiger partial charge in [0.2, 0.25) is 11.8 Å². The number of amides is 2. The lowest BCUT2D eigenvalue weighted by atomic mass is 10.2. The molecule has 118 valence electrons. The summed E-state index contributed by atoms with van der Waals surface area (Å²) in [7, 11) is 0. The molecule has 0 bridgehead atoms. The van der Waals surface area contributed by atoms with Crippen LogP contribution in [0.25, 0.3) is 0 Å². The minimum atomic E-state index is -0.234. The van der Waals surface area contributed by atoms with E-state index in [4.69, 9.17) is 0 Å². The maximum atomic E-state index is 12.3. The van der Waals surface area contributed by atoms with E-state index in [1.54, 1.807) is 12.3 Å². The summed E-state index contributed by atoms with van der Waals surface area (Å²) >= 11 is 4.82. The number of benzene rings is 1. The zero-order valence-electron chi connectivity index (χ0n) is 12.4. The number of halogens is 1. The highest BCUT2D eigenvalue weighted by molar-refractivity contribution is 9.10. The molecular weight excluding hydrogens is 378 g/mol. The van der Waals surface area contributed by atoms with Crippen molar-refractivity contribution in [3.05, 3.63) is 46.6 Å². The lowest BCUT2D eigenvalue weighted by Crippen LogP contribution is -2.41. The van der Waals surface area contributed by atoms with Crippen molar-refractivity contribution in [1.29, 1.82) is 0 Å². The molecule has 0 unspecified atom stereocenters. The molecule has 0 fully saturated rings. The van der Waals surface area contributed by atoms with Crippen molar-refractivity contribution in [2.24, 2.45) is 0 Å². The minimum absolute atomic E-state index is 0.0206. The largest absolute Gasteiger partial charge is 0.325 e. The molecule has 0 saturated carbocycles. The fourth-order valence-electron chi connectivity index (χ4n) is 2.28. The Bertz CT molecular complexity index is 782. The molecule has 1 aliphatic heterocycles. The number of hydrogen-bond donors (Lipinski definition) is 1. The predicted octanol–water partition coefficient (Wildman–Crippen LogP) is 3.23. The number of anilines is 2. The third kappa shape index (κ3) is 3.56. The molecule has 2 aromatic rings. The zero-order chi connectivity index (χ0) is 16.4. The van der Waals surface area contributed by atoms with Gasteiger partial charge < -0.3 is 5.32 Å². The first kappa shape index (κ1) is 16.0. The van der Waals surface area contributed by atoms with Crippen LogP contribution >= 0.6 is 27.7 Å². The van der Waals surface area contributed by atoms with Crippen molar-refractivity contribution in [3.8, 4) is 0 Å². The van der Waals surface area contributed by atoms with Crippen LogP contribution in [0, 0.1) is 6.92 Å². The lowest BCUT2D eigenvalue weighted by Gasteiger charge is -2.27. The van der Waals surface area contributed by atoms with Gasteiger partial charge in [0, 0.05) is 16.4 Å². The quantitative estimate of drug-likeness (QED) is 0.872. The van der Waals surface area contributed by atoms with Gasteiger partial charge in [0.25, 0.3) is 0 Å². The number of carbonyl (C=O) groups is 2. The van der Waals surface area contributed by atoms with Crippen LogP contribution in [0.2, 0.25) is 0 Å². The topological polar surface area (TPSA) is 62.3 Å². The van der Waals surface area contributed by atoms with Crippen molar-refractivity contribution in [2.45, 2.75) is 11.9 Å². The molecule has 2 amide bonds. The molecule has 1 aromatic heterocycles. The number of nitrogens with one attached hydrogen (secondary N) is 1. The zero-order valence-corrected chi connectivity index (χ0v) is 14.8. The summed E-state index contributed by atoms with van der Waals surface area (Å²) in [6.07, 6.45) is 1.69. The van der Waals surface area contributed by atoms with E-state index in [9.17, 15) is 9.59 Å². The number of rotatable bonds is 3. The fraction of sp³-hybridized carbons (Fsp3) is 0.188. The summed E-state index contributed by atoms with van der Waals surface area (Å²) in [6, 6.07) is 9.15. The second kappa shape index (κ2) is 6.72. The summed E-state index contributed by atoms with van der Waals surface area (Å²) < 4.78 is 0.985. The Morgan fingerprint density at radius 3 is 3.04 bits per heavy atom. The minimum Gasteiger partial charge on any atom is -0.325 e.